The fourth-order valence-electron chi connectivity index (χ4n) is 2.82. The third kappa shape index (κ3) is 3.84. The van der Waals surface area contributed by atoms with E-state index in [0.717, 1.165) is 17.0 Å². The SMILES string of the molecule is Cc1ccc(-c2cn(Cc3ccccc3)/c(=N\c3ccccc3)s2)cc1. The molecule has 26 heavy (non-hydrogen) atoms. The average molecular weight is 356 g/mol. The van der Waals surface area contributed by atoms with Crippen LogP contribution in [-0.2, 0) is 6.54 Å². The van der Waals surface area contributed by atoms with Crippen LogP contribution in [-0.4, -0.2) is 4.57 Å². The Labute approximate surface area is 157 Å². The van der Waals surface area contributed by atoms with Crippen LogP contribution < -0.4 is 4.80 Å². The summed E-state index contributed by atoms with van der Waals surface area (Å²) in [4.78, 5) is 7.12. The molecule has 128 valence electrons. The first kappa shape index (κ1) is 16.6. The van der Waals surface area contributed by atoms with E-state index in [4.69, 9.17) is 4.99 Å². The molecule has 0 N–H and O–H groups in total. The number of aryl methyl sites for hydroxylation is 1. The van der Waals surface area contributed by atoms with Gasteiger partial charge in [0.05, 0.1) is 10.6 Å². The van der Waals surface area contributed by atoms with Crippen LogP contribution in [0.1, 0.15) is 11.1 Å². The molecule has 3 heteroatoms. The van der Waals surface area contributed by atoms with Gasteiger partial charge < -0.3 is 4.57 Å². The van der Waals surface area contributed by atoms with E-state index in [1.165, 1.54) is 21.6 Å². The Kier molecular flexibility index (Phi) is 4.80. The minimum absolute atomic E-state index is 0.814. The minimum Gasteiger partial charge on any atom is -0.319 e. The summed E-state index contributed by atoms with van der Waals surface area (Å²) in [6.07, 6.45) is 2.21. The van der Waals surface area contributed by atoms with Crippen LogP contribution in [0.4, 0.5) is 5.69 Å². The lowest BCUT2D eigenvalue weighted by atomic mass is 10.1. The quantitative estimate of drug-likeness (QED) is 0.439. The lowest BCUT2D eigenvalue weighted by Gasteiger charge is -2.03. The lowest BCUT2D eigenvalue weighted by Crippen LogP contribution is -2.14. The van der Waals surface area contributed by atoms with Gasteiger partial charge in [-0.05, 0) is 30.2 Å². The number of hydrogen-bond acceptors (Lipinski definition) is 2. The van der Waals surface area contributed by atoms with E-state index in [2.05, 4.69) is 72.3 Å². The number of para-hydroxylation sites is 1. The average Bonchev–Trinajstić information content (AvgIpc) is 3.06. The highest BCUT2D eigenvalue weighted by Crippen LogP contribution is 2.23. The van der Waals surface area contributed by atoms with Crippen molar-refractivity contribution in [3.8, 4) is 10.4 Å². The maximum Gasteiger partial charge on any atom is 0.190 e. The molecule has 0 aliphatic rings. The van der Waals surface area contributed by atoms with Gasteiger partial charge in [0.25, 0.3) is 0 Å². The van der Waals surface area contributed by atoms with Gasteiger partial charge in [-0.2, -0.15) is 0 Å². The Morgan fingerprint density at radius 3 is 2.15 bits per heavy atom. The van der Waals surface area contributed by atoms with Gasteiger partial charge in [0.15, 0.2) is 4.80 Å². The summed E-state index contributed by atoms with van der Waals surface area (Å²) in [6, 6.07) is 29.3. The zero-order valence-electron chi connectivity index (χ0n) is 14.7. The van der Waals surface area contributed by atoms with Crippen LogP contribution >= 0.6 is 11.3 Å². The van der Waals surface area contributed by atoms with Crippen molar-refractivity contribution >= 4 is 17.0 Å². The second-order valence-electron chi connectivity index (χ2n) is 6.30. The third-order valence-corrected chi connectivity index (χ3v) is 5.30. The zero-order chi connectivity index (χ0) is 17.8. The summed E-state index contributed by atoms with van der Waals surface area (Å²) >= 11 is 1.73. The fraction of sp³-hybridized carbons (Fsp3) is 0.0870. The predicted molar refractivity (Wildman–Crippen MR) is 110 cm³/mol. The number of rotatable bonds is 4. The molecule has 0 fully saturated rings. The number of hydrogen-bond donors (Lipinski definition) is 0. The molecule has 0 amide bonds. The molecule has 0 saturated carbocycles. The van der Waals surface area contributed by atoms with E-state index in [-0.39, 0.29) is 0 Å². The van der Waals surface area contributed by atoms with Gasteiger partial charge in [0, 0.05) is 12.7 Å². The molecule has 0 aliphatic carbocycles. The molecule has 0 aliphatic heterocycles. The van der Waals surface area contributed by atoms with E-state index in [1.807, 2.05) is 30.3 Å². The molecule has 0 spiro atoms. The number of benzene rings is 3. The van der Waals surface area contributed by atoms with Crippen molar-refractivity contribution in [1.29, 1.82) is 0 Å². The number of aromatic nitrogens is 1. The van der Waals surface area contributed by atoms with E-state index >= 15 is 0 Å². The monoisotopic (exact) mass is 356 g/mol. The molecule has 0 atom stereocenters. The molecule has 1 heterocycles. The molecule has 0 bridgehead atoms. The third-order valence-electron chi connectivity index (χ3n) is 4.23. The van der Waals surface area contributed by atoms with Gasteiger partial charge >= 0.3 is 0 Å². The van der Waals surface area contributed by atoms with Crippen LogP contribution in [0, 0.1) is 6.92 Å². The smallest absolute Gasteiger partial charge is 0.190 e. The summed E-state index contributed by atoms with van der Waals surface area (Å²) in [5, 5.41) is 0. The maximum absolute atomic E-state index is 4.88. The first-order valence-corrected chi connectivity index (χ1v) is 9.50. The summed E-state index contributed by atoms with van der Waals surface area (Å²) < 4.78 is 2.24. The Hall–Kier alpha value is -2.91. The van der Waals surface area contributed by atoms with Crippen LogP contribution in [0.2, 0.25) is 0 Å². The Morgan fingerprint density at radius 2 is 1.46 bits per heavy atom. The van der Waals surface area contributed by atoms with Gasteiger partial charge in [-0.15, -0.1) is 0 Å². The van der Waals surface area contributed by atoms with Crippen molar-refractivity contribution in [2.75, 3.05) is 0 Å². The van der Waals surface area contributed by atoms with Gasteiger partial charge in [-0.3, -0.25) is 0 Å². The van der Waals surface area contributed by atoms with Crippen molar-refractivity contribution in [1.82, 2.24) is 4.57 Å². The standard InChI is InChI=1S/C23H20N2S/c1-18-12-14-20(15-13-18)22-17-25(16-19-8-4-2-5-9-19)23(26-22)24-21-10-6-3-7-11-21/h2-15,17H,16H2,1H3/b24-23+. The summed E-state index contributed by atoms with van der Waals surface area (Å²) in [7, 11) is 0. The van der Waals surface area contributed by atoms with E-state index in [1.54, 1.807) is 11.3 Å². The Bertz CT molecular complexity index is 1040. The van der Waals surface area contributed by atoms with Crippen LogP contribution in [0.5, 0.6) is 0 Å². The fourth-order valence-corrected chi connectivity index (χ4v) is 3.84. The molecule has 0 radical (unpaired) electrons. The highest BCUT2D eigenvalue weighted by Gasteiger charge is 2.06. The summed E-state index contributed by atoms with van der Waals surface area (Å²) in [5.74, 6) is 0. The van der Waals surface area contributed by atoms with Crippen molar-refractivity contribution in [2.45, 2.75) is 13.5 Å². The normalized spacial score (nSPS) is 11.7. The zero-order valence-corrected chi connectivity index (χ0v) is 15.5. The van der Waals surface area contributed by atoms with E-state index in [0.29, 0.717) is 0 Å². The van der Waals surface area contributed by atoms with Gasteiger partial charge in [0.2, 0.25) is 0 Å². The largest absolute Gasteiger partial charge is 0.319 e. The minimum atomic E-state index is 0.814. The summed E-state index contributed by atoms with van der Waals surface area (Å²) in [5.41, 5.74) is 4.76. The molecule has 0 unspecified atom stereocenters. The van der Waals surface area contributed by atoms with Crippen LogP contribution in [0.25, 0.3) is 10.4 Å². The van der Waals surface area contributed by atoms with Gasteiger partial charge in [-0.25, -0.2) is 4.99 Å². The van der Waals surface area contributed by atoms with Crippen LogP contribution in [0.15, 0.2) is 96.1 Å². The number of thiazole rings is 1. The Balaban J connectivity index is 1.79. The number of nitrogens with zero attached hydrogens (tertiary/aromatic N) is 2. The van der Waals surface area contributed by atoms with E-state index < -0.39 is 0 Å². The lowest BCUT2D eigenvalue weighted by molar-refractivity contribution is 0.771. The van der Waals surface area contributed by atoms with Crippen LogP contribution in [0.3, 0.4) is 0 Å². The molecule has 2 nitrogen and oxygen atoms in total. The summed E-state index contributed by atoms with van der Waals surface area (Å²) in [6.45, 7) is 2.93. The molecule has 1 aromatic heterocycles. The molecule has 3 aromatic carbocycles. The topological polar surface area (TPSA) is 17.3 Å². The van der Waals surface area contributed by atoms with Gasteiger partial charge in [-0.1, -0.05) is 89.7 Å². The predicted octanol–water partition coefficient (Wildman–Crippen LogP) is 5.81. The Morgan fingerprint density at radius 1 is 0.808 bits per heavy atom. The van der Waals surface area contributed by atoms with Crippen molar-refractivity contribution in [2.24, 2.45) is 4.99 Å². The second-order valence-corrected chi connectivity index (χ2v) is 7.31. The first-order valence-electron chi connectivity index (χ1n) is 8.69. The van der Waals surface area contributed by atoms with Crippen molar-refractivity contribution in [3.05, 3.63) is 107 Å². The molecular weight excluding hydrogens is 336 g/mol. The molecular formula is C23H20N2S. The molecule has 4 rings (SSSR count). The van der Waals surface area contributed by atoms with Gasteiger partial charge in [0.1, 0.15) is 0 Å². The highest BCUT2D eigenvalue weighted by molar-refractivity contribution is 7.12. The second kappa shape index (κ2) is 7.54. The molecule has 0 saturated heterocycles. The highest BCUT2D eigenvalue weighted by atomic mass is 32.1. The molecule has 4 aromatic rings. The van der Waals surface area contributed by atoms with E-state index in [9.17, 15) is 0 Å². The van der Waals surface area contributed by atoms with Crippen molar-refractivity contribution in [3.63, 3.8) is 0 Å². The maximum atomic E-state index is 4.88. The first-order chi connectivity index (χ1) is 12.8. The van der Waals surface area contributed by atoms with Crippen molar-refractivity contribution < 1.29 is 0 Å².